The van der Waals surface area contributed by atoms with E-state index in [1.807, 2.05) is 12.1 Å². The van der Waals surface area contributed by atoms with Gasteiger partial charge in [-0.1, -0.05) is 24.3 Å². The van der Waals surface area contributed by atoms with Gasteiger partial charge in [0.05, 0.1) is 6.61 Å². The summed E-state index contributed by atoms with van der Waals surface area (Å²) in [6, 6.07) is 7.25. The van der Waals surface area contributed by atoms with E-state index >= 15 is 0 Å². The Morgan fingerprint density at radius 1 is 1.36 bits per heavy atom. The Labute approximate surface area is 125 Å². The molecule has 0 saturated carbocycles. The first-order valence-corrected chi connectivity index (χ1v) is 7.79. The number of benzene rings is 1. The lowest BCUT2D eigenvalue weighted by Crippen LogP contribution is -2.34. The minimum Gasteiger partial charge on any atom is -0.743 e. The van der Waals surface area contributed by atoms with Crippen LogP contribution in [0.3, 0.4) is 0 Å². The molecule has 6 nitrogen and oxygen atoms in total. The van der Waals surface area contributed by atoms with E-state index in [1.54, 1.807) is 12.1 Å². The molecule has 0 bridgehead atoms. The Hall–Kier alpha value is -1.58. The van der Waals surface area contributed by atoms with Crippen molar-refractivity contribution >= 4 is 16.1 Å². The highest BCUT2D eigenvalue weighted by Crippen LogP contribution is 2.29. The molecular formula is C13H13F2O6S-. The van der Waals surface area contributed by atoms with Crippen molar-refractivity contribution in [2.24, 2.45) is 0 Å². The van der Waals surface area contributed by atoms with Crippen molar-refractivity contribution in [3.05, 3.63) is 35.4 Å². The average Bonchev–Trinajstić information content (AvgIpc) is 3.27. The van der Waals surface area contributed by atoms with Gasteiger partial charge >= 0.3 is 11.2 Å². The maximum absolute atomic E-state index is 12.8. The number of halogens is 2. The highest BCUT2D eigenvalue weighted by molar-refractivity contribution is 7.86. The molecule has 1 saturated heterocycles. The Balaban J connectivity index is 1.77. The van der Waals surface area contributed by atoms with Crippen LogP contribution in [-0.4, -0.2) is 37.4 Å². The van der Waals surface area contributed by atoms with E-state index in [1.165, 1.54) is 0 Å². The second-order valence-corrected chi connectivity index (χ2v) is 6.32. The lowest BCUT2D eigenvalue weighted by atomic mass is 10.1. The van der Waals surface area contributed by atoms with Gasteiger partial charge in [-0.05, 0) is 17.5 Å². The van der Waals surface area contributed by atoms with Crippen LogP contribution in [0.2, 0.25) is 0 Å². The van der Waals surface area contributed by atoms with Crippen molar-refractivity contribution in [3.63, 3.8) is 0 Å². The maximum Gasteiger partial charge on any atom is 0.367 e. The molecule has 0 radical (unpaired) electrons. The number of esters is 1. The van der Waals surface area contributed by atoms with Crippen LogP contribution in [0.15, 0.2) is 24.3 Å². The monoisotopic (exact) mass is 335 g/mol. The van der Waals surface area contributed by atoms with Crippen molar-refractivity contribution in [3.8, 4) is 0 Å². The normalized spacial score (nSPS) is 18.0. The second kappa shape index (κ2) is 6.27. The highest BCUT2D eigenvalue weighted by Gasteiger charge is 2.39. The predicted molar refractivity (Wildman–Crippen MR) is 69.1 cm³/mol. The van der Waals surface area contributed by atoms with Gasteiger partial charge in [-0.2, -0.15) is 8.78 Å². The second-order valence-electron chi connectivity index (χ2n) is 4.82. The van der Waals surface area contributed by atoms with E-state index in [0.29, 0.717) is 6.61 Å². The molecular weight excluding hydrogens is 322 g/mol. The maximum atomic E-state index is 12.8. The Morgan fingerprint density at radius 2 is 1.95 bits per heavy atom. The molecule has 1 atom stereocenters. The molecule has 1 fully saturated rings. The van der Waals surface area contributed by atoms with Crippen LogP contribution >= 0.6 is 0 Å². The molecule has 1 aromatic carbocycles. The summed E-state index contributed by atoms with van der Waals surface area (Å²) in [5.41, 5.74) is 1.82. The third kappa shape index (κ3) is 4.46. The summed E-state index contributed by atoms with van der Waals surface area (Å²) in [6.45, 7) is -1.09. The first kappa shape index (κ1) is 16.8. The highest BCUT2D eigenvalue weighted by atomic mass is 32.2. The van der Waals surface area contributed by atoms with Crippen molar-refractivity contribution in [1.29, 1.82) is 0 Å². The smallest absolute Gasteiger partial charge is 0.367 e. The Kier molecular flexibility index (Phi) is 4.78. The summed E-state index contributed by atoms with van der Waals surface area (Å²) < 4.78 is 65.5. The fourth-order valence-corrected chi connectivity index (χ4v) is 1.90. The number of hydrogen-bond donors (Lipinski definition) is 0. The molecule has 0 aromatic heterocycles. The molecule has 0 aliphatic carbocycles. The van der Waals surface area contributed by atoms with Crippen LogP contribution in [0.5, 0.6) is 0 Å². The van der Waals surface area contributed by atoms with Gasteiger partial charge in [-0.25, -0.2) is 8.42 Å². The number of hydrogen-bond acceptors (Lipinski definition) is 6. The van der Waals surface area contributed by atoms with Crippen LogP contribution in [0.4, 0.5) is 8.78 Å². The minimum absolute atomic E-state index is 0.121. The number of alkyl halides is 2. The van der Waals surface area contributed by atoms with Gasteiger partial charge in [0.1, 0.15) is 6.10 Å². The van der Waals surface area contributed by atoms with Crippen molar-refractivity contribution in [1.82, 2.24) is 0 Å². The third-order valence-electron chi connectivity index (χ3n) is 3.07. The molecule has 1 heterocycles. The predicted octanol–water partition coefficient (Wildman–Crippen LogP) is 1.37. The van der Waals surface area contributed by atoms with Crippen molar-refractivity contribution in [2.45, 2.75) is 24.2 Å². The lowest BCUT2D eigenvalue weighted by Gasteiger charge is -2.19. The zero-order valence-electron chi connectivity index (χ0n) is 11.3. The standard InChI is InChI=1S/C13H14F2O6S/c14-13(15,22(17,18)19)8-21-12(16)6-3-9-1-4-10(5-2-9)11-7-20-11/h1-2,4-5,11H,3,6-8H2,(H,17,18,19)/p-1. The molecule has 122 valence electrons. The summed E-state index contributed by atoms with van der Waals surface area (Å²) in [5, 5.41) is -4.62. The molecule has 1 aromatic rings. The number of epoxide rings is 1. The SMILES string of the molecule is O=C(CCc1ccc(C2CO2)cc1)OCC(F)(F)S(=O)(=O)[O-]. The summed E-state index contributed by atoms with van der Waals surface area (Å²) in [7, 11) is -5.84. The van der Waals surface area contributed by atoms with E-state index in [4.69, 9.17) is 4.74 Å². The minimum atomic E-state index is -5.84. The largest absolute Gasteiger partial charge is 0.743 e. The van der Waals surface area contributed by atoms with Gasteiger partial charge in [0.2, 0.25) is 0 Å². The van der Waals surface area contributed by atoms with Crippen molar-refractivity contribution in [2.75, 3.05) is 13.2 Å². The van der Waals surface area contributed by atoms with Gasteiger partial charge in [0.15, 0.2) is 16.7 Å². The molecule has 1 unspecified atom stereocenters. The molecule has 0 N–H and O–H groups in total. The summed E-state index contributed by atoms with van der Waals surface area (Å²) >= 11 is 0. The van der Waals surface area contributed by atoms with E-state index in [-0.39, 0.29) is 18.9 Å². The topological polar surface area (TPSA) is 96.0 Å². The number of carbonyl (C=O) groups is 1. The fraction of sp³-hybridized carbons (Fsp3) is 0.462. The van der Waals surface area contributed by atoms with E-state index in [0.717, 1.165) is 11.1 Å². The first-order chi connectivity index (χ1) is 10.2. The van der Waals surface area contributed by atoms with E-state index < -0.39 is 27.9 Å². The van der Waals surface area contributed by atoms with Crippen LogP contribution in [0, 0.1) is 0 Å². The summed E-state index contributed by atoms with van der Waals surface area (Å²) in [5.74, 6) is -1.00. The lowest BCUT2D eigenvalue weighted by molar-refractivity contribution is -0.149. The quantitative estimate of drug-likeness (QED) is 0.424. The van der Waals surface area contributed by atoms with E-state index in [9.17, 15) is 26.5 Å². The number of rotatable bonds is 7. The molecule has 2 rings (SSSR count). The Morgan fingerprint density at radius 3 is 2.45 bits per heavy atom. The number of carbonyl (C=O) groups excluding carboxylic acids is 1. The van der Waals surface area contributed by atoms with Crippen LogP contribution < -0.4 is 0 Å². The summed E-state index contributed by atoms with van der Waals surface area (Å²) in [4.78, 5) is 11.3. The Bertz CT molecular complexity index is 637. The zero-order valence-corrected chi connectivity index (χ0v) is 12.1. The van der Waals surface area contributed by atoms with Crippen LogP contribution in [-0.2, 0) is 30.8 Å². The van der Waals surface area contributed by atoms with Gasteiger partial charge in [-0.15, -0.1) is 0 Å². The molecule has 1 aliphatic rings. The van der Waals surface area contributed by atoms with Gasteiger partial charge in [0, 0.05) is 6.42 Å². The summed E-state index contributed by atoms with van der Waals surface area (Å²) in [6.07, 6.45) is 0.171. The van der Waals surface area contributed by atoms with Crippen LogP contribution in [0.25, 0.3) is 0 Å². The number of aryl methyl sites for hydroxylation is 1. The first-order valence-electron chi connectivity index (χ1n) is 6.38. The van der Waals surface area contributed by atoms with Gasteiger partial charge in [-0.3, -0.25) is 4.79 Å². The number of ether oxygens (including phenoxy) is 2. The third-order valence-corrected chi connectivity index (χ3v) is 3.92. The van der Waals surface area contributed by atoms with Crippen molar-refractivity contribution < 1.29 is 36.0 Å². The fourth-order valence-electron chi connectivity index (χ4n) is 1.69. The average molecular weight is 335 g/mol. The van der Waals surface area contributed by atoms with Gasteiger partial charge < -0.3 is 14.0 Å². The van der Waals surface area contributed by atoms with Crippen LogP contribution in [0.1, 0.15) is 23.7 Å². The molecule has 0 amide bonds. The van der Waals surface area contributed by atoms with Gasteiger partial charge in [0.25, 0.3) is 0 Å². The zero-order chi connectivity index (χ0) is 16.4. The molecule has 22 heavy (non-hydrogen) atoms. The van der Waals surface area contributed by atoms with E-state index in [2.05, 4.69) is 4.74 Å². The molecule has 9 heteroatoms. The molecule has 1 aliphatic heterocycles. The molecule has 0 spiro atoms.